The molecule has 0 saturated carbocycles. The third-order valence-corrected chi connectivity index (χ3v) is 4.47. The largest absolute Gasteiger partial charge is 0.492 e. The number of carbonyl (C=O) groups is 1. The van der Waals surface area contributed by atoms with Gasteiger partial charge in [0.1, 0.15) is 12.3 Å². The van der Waals surface area contributed by atoms with E-state index in [-0.39, 0.29) is 29.9 Å². The summed E-state index contributed by atoms with van der Waals surface area (Å²) in [5.41, 5.74) is 8.84. The van der Waals surface area contributed by atoms with Crippen LogP contribution in [0.25, 0.3) is 23.0 Å². The van der Waals surface area contributed by atoms with Gasteiger partial charge in [0.2, 0.25) is 11.7 Å². The molecule has 1 amide bonds. The second-order valence-corrected chi connectivity index (χ2v) is 6.75. The molecular weight excluding hydrogens is 398 g/mol. The van der Waals surface area contributed by atoms with Crippen LogP contribution in [-0.4, -0.2) is 37.6 Å². The van der Waals surface area contributed by atoms with E-state index in [0.29, 0.717) is 23.9 Å². The number of nitrogens with one attached hydrogen (secondary N) is 1. The number of nitrogen functional groups attached to an aromatic ring is 1. The maximum atomic E-state index is 12.5. The number of para-hydroxylation sites is 2. The molecule has 10 heteroatoms. The third kappa shape index (κ3) is 4.37. The summed E-state index contributed by atoms with van der Waals surface area (Å²) in [5, 5.41) is 14.7. The molecule has 0 saturated heterocycles. The van der Waals surface area contributed by atoms with E-state index in [0.717, 1.165) is 11.1 Å². The quantitative estimate of drug-likeness (QED) is 0.467. The van der Waals surface area contributed by atoms with Crippen LogP contribution in [0.5, 0.6) is 5.75 Å². The molecule has 4 aromatic rings. The Morgan fingerprint density at radius 1 is 1.19 bits per heavy atom. The molecule has 0 spiro atoms. The number of rotatable bonds is 7. The maximum absolute atomic E-state index is 12.5. The number of nitrogens with two attached hydrogens (primary N) is 1. The number of anilines is 2. The summed E-state index contributed by atoms with van der Waals surface area (Å²) < 4.78 is 12.1. The van der Waals surface area contributed by atoms with Gasteiger partial charge in [-0.05, 0) is 26.0 Å². The second-order valence-electron chi connectivity index (χ2n) is 6.75. The van der Waals surface area contributed by atoms with Crippen LogP contribution >= 0.6 is 0 Å². The number of carbonyl (C=O) groups excluding carboxylic acids is 1. The molecule has 2 heterocycles. The van der Waals surface area contributed by atoms with Gasteiger partial charge in [0, 0.05) is 5.56 Å². The molecule has 2 aromatic carbocycles. The molecule has 2 aromatic heterocycles. The van der Waals surface area contributed by atoms with Crippen molar-refractivity contribution in [3.8, 4) is 28.7 Å². The first kappa shape index (κ1) is 20.1. The zero-order valence-corrected chi connectivity index (χ0v) is 17.1. The number of ether oxygens (including phenoxy) is 1. The molecule has 0 atom stereocenters. The molecule has 0 aliphatic carbocycles. The molecule has 4 rings (SSSR count). The number of aromatic nitrogens is 5. The molecule has 158 valence electrons. The number of benzene rings is 2. The Labute approximate surface area is 178 Å². The SMILES string of the molecule is CCOc1ccccc1NC(=O)Cn1nnc(-c2nc(-c3ccc(C)cc3)no2)c1N. The fourth-order valence-corrected chi connectivity index (χ4v) is 2.91. The monoisotopic (exact) mass is 419 g/mol. The van der Waals surface area contributed by atoms with Crippen molar-refractivity contribution < 1.29 is 14.1 Å². The van der Waals surface area contributed by atoms with Crippen molar-refractivity contribution in [3.63, 3.8) is 0 Å². The first-order chi connectivity index (χ1) is 15.0. The van der Waals surface area contributed by atoms with Crippen molar-refractivity contribution in [1.29, 1.82) is 0 Å². The van der Waals surface area contributed by atoms with E-state index in [1.807, 2.05) is 44.2 Å². The Bertz CT molecular complexity index is 1200. The lowest BCUT2D eigenvalue weighted by Gasteiger charge is -2.11. The highest BCUT2D eigenvalue weighted by atomic mass is 16.5. The van der Waals surface area contributed by atoms with Crippen LogP contribution in [0.4, 0.5) is 11.5 Å². The maximum Gasteiger partial charge on any atom is 0.282 e. The third-order valence-electron chi connectivity index (χ3n) is 4.47. The van der Waals surface area contributed by atoms with Gasteiger partial charge in [-0.25, -0.2) is 4.68 Å². The summed E-state index contributed by atoms with van der Waals surface area (Å²) in [7, 11) is 0. The minimum absolute atomic E-state index is 0.126. The van der Waals surface area contributed by atoms with Gasteiger partial charge in [-0.1, -0.05) is 52.3 Å². The van der Waals surface area contributed by atoms with Gasteiger partial charge >= 0.3 is 0 Å². The van der Waals surface area contributed by atoms with Gasteiger partial charge in [0.05, 0.1) is 12.3 Å². The molecule has 0 unspecified atom stereocenters. The summed E-state index contributed by atoms with van der Waals surface area (Å²) in [6.07, 6.45) is 0. The minimum atomic E-state index is -0.332. The number of nitrogens with zero attached hydrogens (tertiary/aromatic N) is 5. The van der Waals surface area contributed by atoms with Crippen molar-refractivity contribution in [2.45, 2.75) is 20.4 Å². The molecule has 0 fully saturated rings. The summed E-state index contributed by atoms with van der Waals surface area (Å²) in [6, 6.07) is 14.9. The molecule has 10 nitrogen and oxygen atoms in total. The average molecular weight is 419 g/mol. The highest BCUT2D eigenvalue weighted by Gasteiger charge is 2.20. The van der Waals surface area contributed by atoms with Gasteiger partial charge in [0.15, 0.2) is 11.5 Å². The molecule has 31 heavy (non-hydrogen) atoms. The van der Waals surface area contributed by atoms with E-state index in [9.17, 15) is 4.79 Å². The smallest absolute Gasteiger partial charge is 0.282 e. The van der Waals surface area contributed by atoms with Crippen molar-refractivity contribution in [2.75, 3.05) is 17.7 Å². The van der Waals surface area contributed by atoms with E-state index in [4.69, 9.17) is 15.0 Å². The van der Waals surface area contributed by atoms with E-state index < -0.39 is 0 Å². The van der Waals surface area contributed by atoms with Gasteiger partial charge in [-0.15, -0.1) is 5.10 Å². The Balaban J connectivity index is 1.49. The van der Waals surface area contributed by atoms with Crippen LogP contribution in [0.3, 0.4) is 0 Å². The molecular formula is C21H21N7O3. The van der Waals surface area contributed by atoms with Crippen molar-refractivity contribution in [1.82, 2.24) is 25.1 Å². The van der Waals surface area contributed by atoms with Crippen LogP contribution in [0.1, 0.15) is 12.5 Å². The van der Waals surface area contributed by atoms with Gasteiger partial charge in [-0.2, -0.15) is 4.98 Å². The Morgan fingerprint density at radius 3 is 2.74 bits per heavy atom. The summed E-state index contributed by atoms with van der Waals surface area (Å²) in [4.78, 5) is 16.8. The van der Waals surface area contributed by atoms with Crippen molar-refractivity contribution >= 4 is 17.4 Å². The van der Waals surface area contributed by atoms with E-state index in [2.05, 4.69) is 25.8 Å². The molecule has 0 bridgehead atoms. The average Bonchev–Trinajstić information content (AvgIpc) is 3.38. The minimum Gasteiger partial charge on any atom is -0.492 e. The summed E-state index contributed by atoms with van der Waals surface area (Å²) >= 11 is 0. The van der Waals surface area contributed by atoms with E-state index >= 15 is 0 Å². The van der Waals surface area contributed by atoms with Crippen molar-refractivity contribution in [2.24, 2.45) is 0 Å². The second kappa shape index (κ2) is 8.66. The van der Waals surface area contributed by atoms with E-state index in [1.54, 1.807) is 18.2 Å². The van der Waals surface area contributed by atoms with Crippen LogP contribution < -0.4 is 15.8 Å². The lowest BCUT2D eigenvalue weighted by Crippen LogP contribution is -2.21. The van der Waals surface area contributed by atoms with Gasteiger partial charge < -0.3 is 20.3 Å². The number of hydrogen-bond acceptors (Lipinski definition) is 8. The summed E-state index contributed by atoms with van der Waals surface area (Å²) in [5.74, 6) is 0.935. The predicted molar refractivity (Wildman–Crippen MR) is 114 cm³/mol. The zero-order valence-electron chi connectivity index (χ0n) is 17.1. The fraction of sp³-hybridized carbons (Fsp3) is 0.190. The highest BCUT2D eigenvalue weighted by Crippen LogP contribution is 2.26. The molecule has 0 aliphatic heterocycles. The molecule has 0 aliphatic rings. The van der Waals surface area contributed by atoms with Crippen LogP contribution in [0.15, 0.2) is 53.1 Å². The number of aryl methyl sites for hydroxylation is 1. The van der Waals surface area contributed by atoms with E-state index in [1.165, 1.54) is 4.68 Å². The first-order valence-electron chi connectivity index (χ1n) is 9.67. The number of hydrogen-bond donors (Lipinski definition) is 2. The van der Waals surface area contributed by atoms with Crippen LogP contribution in [-0.2, 0) is 11.3 Å². The van der Waals surface area contributed by atoms with Crippen LogP contribution in [0.2, 0.25) is 0 Å². The van der Waals surface area contributed by atoms with Crippen LogP contribution in [0, 0.1) is 6.92 Å². The zero-order chi connectivity index (χ0) is 21.8. The topological polar surface area (TPSA) is 134 Å². The Hall–Kier alpha value is -4.21. The highest BCUT2D eigenvalue weighted by molar-refractivity contribution is 5.92. The first-order valence-corrected chi connectivity index (χ1v) is 9.67. The molecule has 3 N–H and O–H groups in total. The number of amides is 1. The van der Waals surface area contributed by atoms with Gasteiger partial charge in [0.25, 0.3) is 5.89 Å². The Morgan fingerprint density at radius 2 is 1.97 bits per heavy atom. The summed E-state index contributed by atoms with van der Waals surface area (Å²) in [6.45, 7) is 4.22. The van der Waals surface area contributed by atoms with Crippen molar-refractivity contribution in [3.05, 3.63) is 54.1 Å². The molecule has 0 radical (unpaired) electrons. The predicted octanol–water partition coefficient (Wildman–Crippen LogP) is 2.92. The lowest BCUT2D eigenvalue weighted by atomic mass is 10.1. The normalized spacial score (nSPS) is 10.8. The fourth-order valence-electron chi connectivity index (χ4n) is 2.91. The van der Waals surface area contributed by atoms with Gasteiger partial charge in [-0.3, -0.25) is 4.79 Å². The lowest BCUT2D eigenvalue weighted by molar-refractivity contribution is -0.116. The Kier molecular flexibility index (Phi) is 5.61. The standard InChI is InChI=1S/C21H21N7O3/c1-3-30-16-7-5-4-6-15(16)23-17(29)12-28-19(22)18(25-27-28)21-24-20(26-31-21)14-10-8-13(2)9-11-14/h4-11H,3,12,22H2,1-2H3,(H,23,29).